The summed E-state index contributed by atoms with van der Waals surface area (Å²) >= 11 is 0. The van der Waals surface area contributed by atoms with E-state index in [1.165, 1.54) is 13.2 Å². The molecule has 0 fully saturated rings. The van der Waals surface area contributed by atoms with Gasteiger partial charge in [0, 0.05) is 15.9 Å². The van der Waals surface area contributed by atoms with Gasteiger partial charge in [0.15, 0.2) is 0 Å². The first-order valence-corrected chi connectivity index (χ1v) is 6.74. The summed E-state index contributed by atoms with van der Waals surface area (Å²) in [6.07, 6.45) is 16.8. The van der Waals surface area contributed by atoms with Crippen LogP contribution in [0.2, 0.25) is 0 Å². The fourth-order valence-electron chi connectivity index (χ4n) is 1.26. The Balaban J connectivity index is 3.96. The van der Waals surface area contributed by atoms with Gasteiger partial charge >= 0.3 is 5.97 Å². The minimum absolute atomic E-state index is 0.0472. The van der Waals surface area contributed by atoms with Gasteiger partial charge in [0.2, 0.25) is 0 Å². The predicted molar refractivity (Wildman–Crippen MR) is 83.1 cm³/mol. The van der Waals surface area contributed by atoms with E-state index in [1.54, 1.807) is 12.2 Å². The molecule has 0 aliphatic carbocycles. The highest BCUT2D eigenvalue weighted by Crippen LogP contribution is 2.07. The number of carbonyl (C=O) groups excluding carboxylic acids is 2. The minimum Gasteiger partial charge on any atom is -0.469 e. The lowest BCUT2D eigenvalue weighted by atomic mass is 10.2. The summed E-state index contributed by atoms with van der Waals surface area (Å²) in [5.41, 5.74) is 0. The Morgan fingerprint density at radius 2 is 1.85 bits per heavy atom. The van der Waals surface area contributed by atoms with Gasteiger partial charge in [-0.1, -0.05) is 42.5 Å². The third kappa shape index (κ3) is 11.6. The molecule has 0 heterocycles. The van der Waals surface area contributed by atoms with Crippen LogP contribution in [-0.4, -0.2) is 25.5 Å². The second-order valence-electron chi connectivity index (χ2n) is 3.79. The van der Waals surface area contributed by atoms with E-state index in [2.05, 4.69) is 14.2 Å². The normalized spacial score (nSPS) is 13.7. The summed E-state index contributed by atoms with van der Waals surface area (Å²) in [5, 5.41) is 0. The number of methoxy groups -OCH3 is 1. The smallest absolute Gasteiger partial charge is 0.305 e. The lowest BCUT2D eigenvalue weighted by molar-refractivity contribution is -0.140. The molecule has 0 saturated carbocycles. The van der Waals surface area contributed by atoms with E-state index in [0.29, 0.717) is 12.8 Å². The quantitative estimate of drug-likeness (QED) is 0.155. The van der Waals surface area contributed by atoms with Crippen molar-refractivity contribution in [3.8, 4) is 0 Å². The number of hydrogen-bond acceptors (Lipinski definition) is 4. The zero-order valence-corrected chi connectivity index (χ0v) is 12.8. The van der Waals surface area contributed by atoms with Crippen molar-refractivity contribution in [2.45, 2.75) is 25.4 Å². The van der Waals surface area contributed by atoms with Crippen molar-refractivity contribution in [3.63, 3.8) is 0 Å². The van der Waals surface area contributed by atoms with Crippen LogP contribution in [0.25, 0.3) is 0 Å². The maximum absolute atomic E-state index is 10.9. The first-order valence-electron chi connectivity index (χ1n) is 6.27. The molecule has 0 aliphatic rings. The molecule has 0 spiro atoms. The van der Waals surface area contributed by atoms with Gasteiger partial charge in [-0.15, -0.1) is 0 Å². The molecule has 0 aliphatic heterocycles. The molecule has 0 aromatic rings. The standard InChI is InChI=1S/C15H21O4P/c1-18-15(17)12-8-5-7-11-14(19-20)10-6-3-2-4-9-13-16/h2-7,9-10,13-14H,8,11-12,20H2,1H3/b3-2-,7-5-,9-4+,10-6+. The van der Waals surface area contributed by atoms with Crippen LogP contribution < -0.4 is 0 Å². The molecule has 0 bridgehead atoms. The van der Waals surface area contributed by atoms with Gasteiger partial charge in [-0.3, -0.25) is 9.59 Å². The van der Waals surface area contributed by atoms with Crippen molar-refractivity contribution < 1.29 is 18.8 Å². The Morgan fingerprint density at radius 3 is 2.50 bits per heavy atom. The average molecular weight is 296 g/mol. The Hall–Kier alpha value is -1.51. The van der Waals surface area contributed by atoms with Gasteiger partial charge < -0.3 is 9.26 Å². The van der Waals surface area contributed by atoms with Crippen molar-refractivity contribution >= 4 is 21.7 Å². The molecule has 0 radical (unpaired) electrons. The SMILES string of the molecule is COC(=O)CC/C=C\CC(/C=C/C=C\C=C\C=O)OP. The van der Waals surface area contributed by atoms with Crippen LogP contribution >= 0.6 is 9.47 Å². The molecule has 110 valence electrons. The lowest BCUT2D eigenvalue weighted by Gasteiger charge is -2.06. The van der Waals surface area contributed by atoms with E-state index >= 15 is 0 Å². The second kappa shape index (κ2) is 13.9. The van der Waals surface area contributed by atoms with Crippen LogP contribution in [0.1, 0.15) is 19.3 Å². The second-order valence-corrected chi connectivity index (χ2v) is 4.06. The molecule has 2 atom stereocenters. The van der Waals surface area contributed by atoms with E-state index in [4.69, 9.17) is 4.52 Å². The summed E-state index contributed by atoms with van der Waals surface area (Å²) in [5.74, 6) is -0.207. The Bertz CT molecular complexity index is 383. The van der Waals surface area contributed by atoms with Crippen molar-refractivity contribution in [1.29, 1.82) is 0 Å². The van der Waals surface area contributed by atoms with Crippen LogP contribution in [0.4, 0.5) is 0 Å². The molecule has 0 saturated heterocycles. The van der Waals surface area contributed by atoms with Gasteiger partial charge in [-0.05, 0) is 18.9 Å². The van der Waals surface area contributed by atoms with E-state index in [0.717, 1.165) is 12.7 Å². The first-order chi connectivity index (χ1) is 9.74. The van der Waals surface area contributed by atoms with Crippen LogP contribution in [0, 0.1) is 0 Å². The highest BCUT2D eigenvalue weighted by atomic mass is 31.0. The van der Waals surface area contributed by atoms with Gasteiger partial charge in [0.25, 0.3) is 0 Å². The van der Waals surface area contributed by atoms with Crippen molar-refractivity contribution in [2.75, 3.05) is 7.11 Å². The van der Waals surface area contributed by atoms with Gasteiger partial charge in [-0.2, -0.15) is 0 Å². The monoisotopic (exact) mass is 296 g/mol. The molecule has 0 N–H and O–H groups in total. The first kappa shape index (κ1) is 18.5. The van der Waals surface area contributed by atoms with Crippen LogP contribution in [0.3, 0.4) is 0 Å². The zero-order valence-electron chi connectivity index (χ0n) is 11.6. The Kier molecular flexibility index (Phi) is 12.9. The lowest BCUT2D eigenvalue weighted by Crippen LogP contribution is -2.01. The maximum Gasteiger partial charge on any atom is 0.305 e. The van der Waals surface area contributed by atoms with Crippen LogP contribution in [0.15, 0.2) is 48.6 Å². The molecule has 4 nitrogen and oxygen atoms in total. The predicted octanol–water partition coefficient (Wildman–Crippen LogP) is 2.93. The Labute approximate surface area is 122 Å². The number of aldehydes is 1. The molecule has 2 unspecified atom stereocenters. The van der Waals surface area contributed by atoms with E-state index in [-0.39, 0.29) is 12.1 Å². The van der Waals surface area contributed by atoms with Crippen LogP contribution in [-0.2, 0) is 18.8 Å². The molecular formula is C15H21O4P. The van der Waals surface area contributed by atoms with Gasteiger partial charge in [0.05, 0.1) is 13.2 Å². The van der Waals surface area contributed by atoms with E-state index in [9.17, 15) is 9.59 Å². The highest BCUT2D eigenvalue weighted by Gasteiger charge is 1.99. The number of ether oxygens (including phenoxy) is 1. The molecule has 0 amide bonds. The number of hydrogen-bond donors (Lipinski definition) is 0. The minimum atomic E-state index is -0.207. The summed E-state index contributed by atoms with van der Waals surface area (Å²) < 4.78 is 9.75. The maximum atomic E-state index is 10.9. The largest absolute Gasteiger partial charge is 0.469 e. The number of esters is 1. The molecule has 20 heavy (non-hydrogen) atoms. The summed E-state index contributed by atoms with van der Waals surface area (Å²) in [6, 6.07) is 0. The molecular weight excluding hydrogens is 275 g/mol. The fraction of sp³-hybridized carbons (Fsp3) is 0.333. The van der Waals surface area contributed by atoms with Gasteiger partial charge in [-0.25, -0.2) is 0 Å². The van der Waals surface area contributed by atoms with E-state index < -0.39 is 0 Å². The number of carbonyl (C=O) groups is 2. The molecule has 0 aromatic carbocycles. The average Bonchev–Trinajstić information content (AvgIpc) is 2.47. The molecule has 5 heteroatoms. The van der Waals surface area contributed by atoms with E-state index in [1.807, 2.05) is 30.4 Å². The fourth-order valence-corrected chi connectivity index (χ4v) is 1.46. The van der Waals surface area contributed by atoms with Crippen LogP contribution in [0.5, 0.6) is 0 Å². The third-order valence-electron chi connectivity index (χ3n) is 2.30. The summed E-state index contributed by atoms with van der Waals surface area (Å²) in [7, 11) is 3.62. The third-order valence-corrected chi connectivity index (χ3v) is 2.65. The zero-order chi connectivity index (χ0) is 15.1. The van der Waals surface area contributed by atoms with Crippen molar-refractivity contribution in [2.24, 2.45) is 0 Å². The number of allylic oxidation sites excluding steroid dienone is 6. The highest BCUT2D eigenvalue weighted by molar-refractivity contribution is 7.09. The molecule has 0 rings (SSSR count). The summed E-state index contributed by atoms with van der Waals surface area (Å²) in [4.78, 5) is 20.9. The molecule has 0 aromatic heterocycles. The summed E-state index contributed by atoms with van der Waals surface area (Å²) in [6.45, 7) is 0. The van der Waals surface area contributed by atoms with Crippen molar-refractivity contribution in [3.05, 3.63) is 48.6 Å². The van der Waals surface area contributed by atoms with Gasteiger partial charge in [0.1, 0.15) is 6.29 Å². The topological polar surface area (TPSA) is 52.6 Å². The van der Waals surface area contributed by atoms with Crippen molar-refractivity contribution in [1.82, 2.24) is 0 Å². The number of rotatable bonds is 10. The Morgan fingerprint density at radius 1 is 1.15 bits per heavy atom.